The van der Waals surface area contributed by atoms with Crippen LogP contribution in [0.4, 0.5) is 0 Å². The highest BCUT2D eigenvalue weighted by Crippen LogP contribution is 2.52. The molecule has 4 heteroatoms. The molecule has 0 spiro atoms. The summed E-state index contributed by atoms with van der Waals surface area (Å²) in [5, 5.41) is 0. The van der Waals surface area contributed by atoms with Gasteiger partial charge in [0.15, 0.2) is 0 Å². The van der Waals surface area contributed by atoms with E-state index in [4.69, 9.17) is 0 Å². The van der Waals surface area contributed by atoms with Crippen molar-refractivity contribution in [2.24, 2.45) is 11.3 Å². The van der Waals surface area contributed by atoms with Crippen molar-refractivity contribution in [1.29, 1.82) is 0 Å². The summed E-state index contributed by atoms with van der Waals surface area (Å²) in [6, 6.07) is 8.22. The molecule has 2 aromatic heterocycles. The number of nitrogens with zero attached hydrogens (tertiary/aromatic N) is 2. The lowest BCUT2D eigenvalue weighted by atomic mass is 10.1. The van der Waals surface area contributed by atoms with Gasteiger partial charge in [0, 0.05) is 34.6 Å². The monoisotopic (exact) mass is 314 g/mol. The molecule has 1 amide bonds. The van der Waals surface area contributed by atoms with Crippen LogP contribution in [0.2, 0.25) is 0 Å². The first-order valence-electron chi connectivity index (χ1n) is 7.69. The largest absolute Gasteiger partial charge is 0.333 e. The first kappa shape index (κ1) is 15.2. The molecular formula is C18H22N2OS. The van der Waals surface area contributed by atoms with Crippen LogP contribution in [0.1, 0.15) is 35.6 Å². The van der Waals surface area contributed by atoms with Crippen molar-refractivity contribution in [3.05, 3.63) is 52.0 Å². The lowest BCUT2D eigenvalue weighted by molar-refractivity contribution is -0.134. The molecule has 116 valence electrons. The predicted molar refractivity (Wildman–Crippen MR) is 89.4 cm³/mol. The molecule has 0 aliphatic heterocycles. The van der Waals surface area contributed by atoms with Crippen LogP contribution in [-0.2, 0) is 17.9 Å². The summed E-state index contributed by atoms with van der Waals surface area (Å²) in [5.74, 6) is 0.461. The SMILES string of the molecule is Cc1ccc(CN(Cc2ccncc2)C(=O)C2CC2(C)C)s1. The number of aryl methyl sites for hydroxylation is 1. The molecule has 1 fully saturated rings. The van der Waals surface area contributed by atoms with Crippen LogP contribution in [-0.4, -0.2) is 15.8 Å². The highest BCUT2D eigenvalue weighted by molar-refractivity contribution is 7.11. The number of carbonyl (C=O) groups is 1. The van der Waals surface area contributed by atoms with E-state index in [1.54, 1.807) is 23.7 Å². The number of rotatable bonds is 5. The van der Waals surface area contributed by atoms with Crippen molar-refractivity contribution in [2.75, 3.05) is 0 Å². The van der Waals surface area contributed by atoms with Crippen LogP contribution in [0.25, 0.3) is 0 Å². The quantitative estimate of drug-likeness (QED) is 0.835. The predicted octanol–water partition coefficient (Wildman–Crippen LogP) is 4.03. The average Bonchev–Trinajstić information content (AvgIpc) is 2.92. The van der Waals surface area contributed by atoms with E-state index < -0.39 is 0 Å². The smallest absolute Gasteiger partial charge is 0.226 e. The third-order valence-corrected chi connectivity index (χ3v) is 5.37. The fourth-order valence-corrected chi connectivity index (χ4v) is 3.69. The number of pyridine rings is 1. The van der Waals surface area contributed by atoms with Gasteiger partial charge in [-0.15, -0.1) is 11.3 Å². The van der Waals surface area contributed by atoms with Crippen LogP contribution >= 0.6 is 11.3 Å². The van der Waals surface area contributed by atoms with Crippen molar-refractivity contribution in [3.63, 3.8) is 0 Å². The number of thiophene rings is 1. The zero-order valence-corrected chi connectivity index (χ0v) is 14.2. The third-order valence-electron chi connectivity index (χ3n) is 4.39. The maximum absolute atomic E-state index is 12.9. The number of carbonyl (C=O) groups excluding carboxylic acids is 1. The van der Waals surface area contributed by atoms with E-state index in [0.29, 0.717) is 13.1 Å². The van der Waals surface area contributed by atoms with E-state index in [1.165, 1.54) is 9.75 Å². The maximum Gasteiger partial charge on any atom is 0.226 e. The Morgan fingerprint density at radius 1 is 1.27 bits per heavy atom. The second-order valence-corrected chi connectivity index (χ2v) is 8.18. The Labute approximate surface area is 136 Å². The second kappa shape index (κ2) is 5.84. The lowest BCUT2D eigenvalue weighted by Crippen LogP contribution is -2.32. The number of hydrogen-bond donors (Lipinski definition) is 0. The standard InChI is InChI=1S/C18H22N2OS/c1-13-4-5-15(22-13)12-20(11-14-6-8-19-9-7-14)17(21)16-10-18(16,2)3/h4-9,16H,10-12H2,1-3H3. The second-order valence-electron chi connectivity index (χ2n) is 6.81. The van der Waals surface area contributed by atoms with Crippen molar-refractivity contribution >= 4 is 17.2 Å². The van der Waals surface area contributed by atoms with Crippen LogP contribution in [0.5, 0.6) is 0 Å². The average molecular weight is 314 g/mol. The molecule has 3 rings (SSSR count). The zero-order chi connectivity index (χ0) is 15.7. The Morgan fingerprint density at radius 2 is 1.95 bits per heavy atom. The minimum Gasteiger partial charge on any atom is -0.333 e. The van der Waals surface area contributed by atoms with Crippen molar-refractivity contribution < 1.29 is 4.79 Å². The molecule has 1 unspecified atom stereocenters. The van der Waals surface area contributed by atoms with Crippen LogP contribution < -0.4 is 0 Å². The molecule has 0 radical (unpaired) electrons. The Bertz CT molecular complexity index is 663. The van der Waals surface area contributed by atoms with Gasteiger partial charge in [-0.05, 0) is 48.6 Å². The van der Waals surface area contributed by atoms with E-state index in [1.807, 2.05) is 17.0 Å². The van der Waals surface area contributed by atoms with Crippen molar-refractivity contribution in [3.8, 4) is 0 Å². The lowest BCUT2D eigenvalue weighted by Gasteiger charge is -2.23. The van der Waals surface area contributed by atoms with Crippen LogP contribution in [0.3, 0.4) is 0 Å². The zero-order valence-electron chi connectivity index (χ0n) is 13.4. The molecular weight excluding hydrogens is 292 g/mol. The van der Waals surface area contributed by atoms with Gasteiger partial charge in [0.25, 0.3) is 0 Å². The Hall–Kier alpha value is -1.68. The van der Waals surface area contributed by atoms with Crippen molar-refractivity contribution in [2.45, 2.75) is 40.3 Å². The fourth-order valence-electron chi connectivity index (χ4n) is 2.79. The molecule has 1 aliphatic carbocycles. The molecule has 1 aliphatic rings. The first-order chi connectivity index (χ1) is 10.5. The van der Waals surface area contributed by atoms with E-state index in [-0.39, 0.29) is 17.2 Å². The third kappa shape index (κ3) is 3.38. The van der Waals surface area contributed by atoms with Gasteiger partial charge < -0.3 is 4.90 Å². The van der Waals surface area contributed by atoms with Gasteiger partial charge in [-0.1, -0.05) is 13.8 Å². The summed E-state index contributed by atoms with van der Waals surface area (Å²) >= 11 is 1.77. The minimum absolute atomic E-state index is 0.166. The summed E-state index contributed by atoms with van der Waals surface area (Å²) in [5.41, 5.74) is 1.30. The van der Waals surface area contributed by atoms with Crippen molar-refractivity contribution in [1.82, 2.24) is 9.88 Å². The molecule has 0 aromatic carbocycles. The Balaban J connectivity index is 1.77. The highest BCUT2D eigenvalue weighted by Gasteiger charge is 2.51. The van der Waals surface area contributed by atoms with Gasteiger partial charge in [-0.2, -0.15) is 0 Å². The molecule has 1 saturated carbocycles. The van der Waals surface area contributed by atoms with Gasteiger partial charge >= 0.3 is 0 Å². The Morgan fingerprint density at radius 3 is 2.50 bits per heavy atom. The van der Waals surface area contributed by atoms with E-state index >= 15 is 0 Å². The summed E-state index contributed by atoms with van der Waals surface area (Å²) in [4.78, 5) is 21.4. The molecule has 0 bridgehead atoms. The van der Waals surface area contributed by atoms with Gasteiger partial charge in [0.05, 0.1) is 6.54 Å². The summed E-state index contributed by atoms with van der Waals surface area (Å²) < 4.78 is 0. The van der Waals surface area contributed by atoms with Gasteiger partial charge in [-0.3, -0.25) is 9.78 Å². The van der Waals surface area contributed by atoms with Crippen LogP contribution in [0.15, 0.2) is 36.7 Å². The number of hydrogen-bond acceptors (Lipinski definition) is 3. The van der Waals surface area contributed by atoms with Gasteiger partial charge in [0.1, 0.15) is 0 Å². The maximum atomic E-state index is 12.9. The first-order valence-corrected chi connectivity index (χ1v) is 8.50. The number of aromatic nitrogens is 1. The topological polar surface area (TPSA) is 33.2 Å². The molecule has 3 nitrogen and oxygen atoms in total. The van der Waals surface area contributed by atoms with E-state index in [2.05, 4.69) is 37.9 Å². The summed E-state index contributed by atoms with van der Waals surface area (Å²) in [6.45, 7) is 7.81. The minimum atomic E-state index is 0.166. The fraction of sp³-hybridized carbons (Fsp3) is 0.444. The molecule has 2 aromatic rings. The van der Waals surface area contributed by atoms with Gasteiger partial charge in [0.2, 0.25) is 5.91 Å². The Kier molecular flexibility index (Phi) is 4.04. The number of amides is 1. The van der Waals surface area contributed by atoms with Crippen LogP contribution in [0, 0.1) is 18.3 Å². The normalized spacial score (nSPS) is 19.0. The molecule has 2 heterocycles. The van der Waals surface area contributed by atoms with E-state index in [0.717, 1.165) is 12.0 Å². The highest BCUT2D eigenvalue weighted by atomic mass is 32.1. The molecule has 0 N–H and O–H groups in total. The summed E-state index contributed by atoms with van der Waals surface area (Å²) in [6.07, 6.45) is 4.57. The molecule has 1 atom stereocenters. The van der Waals surface area contributed by atoms with Gasteiger partial charge in [-0.25, -0.2) is 0 Å². The molecule has 22 heavy (non-hydrogen) atoms. The summed E-state index contributed by atoms with van der Waals surface area (Å²) in [7, 11) is 0. The molecule has 0 saturated heterocycles. The van der Waals surface area contributed by atoms with E-state index in [9.17, 15) is 4.79 Å².